The number of carbonyl (C=O) groups is 1. The number of aromatic nitrogens is 1. The number of thiocarbonyl (C=S) groups is 1. The van der Waals surface area contributed by atoms with Gasteiger partial charge in [-0.2, -0.15) is 0 Å². The van der Waals surface area contributed by atoms with Gasteiger partial charge in [0.15, 0.2) is 21.7 Å². The zero-order valence-corrected chi connectivity index (χ0v) is 18.8. The van der Waals surface area contributed by atoms with Crippen LogP contribution < -0.4 is 24.8 Å². The third-order valence-electron chi connectivity index (χ3n) is 4.23. The molecular weight excluding hydrogens is 456 g/mol. The molecule has 0 unspecified atom stereocenters. The van der Waals surface area contributed by atoms with Gasteiger partial charge in [0.2, 0.25) is 5.75 Å². The fourth-order valence-corrected chi connectivity index (χ4v) is 3.74. The summed E-state index contributed by atoms with van der Waals surface area (Å²) in [6.07, 6.45) is 0. The van der Waals surface area contributed by atoms with Gasteiger partial charge in [-0.3, -0.25) is 20.2 Å². The Morgan fingerprint density at radius 2 is 1.81 bits per heavy atom. The first kappa shape index (κ1) is 22.9. The molecule has 0 radical (unpaired) electrons. The average molecular weight is 475 g/mol. The van der Waals surface area contributed by atoms with E-state index in [-0.39, 0.29) is 16.4 Å². The standard InChI is InChI=1S/C20H18N4O6S2/c1-28-15-8-12(9-16(29-2)17(15)30-3)18(25)22-19(31)23-20-21-14(10-32-20)11-5-4-6-13(7-11)24(26)27/h4-10H,1-3H3,(H2,21,22,23,25,31). The van der Waals surface area contributed by atoms with Crippen LogP contribution in [0.1, 0.15) is 10.4 Å². The zero-order chi connectivity index (χ0) is 23.3. The van der Waals surface area contributed by atoms with E-state index >= 15 is 0 Å². The van der Waals surface area contributed by atoms with E-state index in [1.54, 1.807) is 17.5 Å². The van der Waals surface area contributed by atoms with Crippen LogP contribution in [0.15, 0.2) is 41.8 Å². The highest BCUT2D eigenvalue weighted by Gasteiger charge is 2.18. The molecule has 1 aromatic heterocycles. The Bertz CT molecular complexity index is 1160. The molecule has 32 heavy (non-hydrogen) atoms. The number of thiazole rings is 1. The van der Waals surface area contributed by atoms with Gasteiger partial charge in [0, 0.05) is 28.6 Å². The van der Waals surface area contributed by atoms with Crippen LogP contribution >= 0.6 is 23.6 Å². The van der Waals surface area contributed by atoms with Crippen LogP contribution in [-0.4, -0.2) is 42.3 Å². The number of nitro groups is 1. The van der Waals surface area contributed by atoms with Crippen molar-refractivity contribution in [1.29, 1.82) is 0 Å². The number of anilines is 1. The summed E-state index contributed by atoms with van der Waals surface area (Å²) < 4.78 is 15.8. The number of nitro benzene ring substituents is 1. The second-order valence-electron chi connectivity index (χ2n) is 6.17. The first-order chi connectivity index (χ1) is 15.4. The highest BCUT2D eigenvalue weighted by Crippen LogP contribution is 2.38. The third kappa shape index (κ3) is 5.10. The molecular formula is C20H18N4O6S2. The quantitative estimate of drug-likeness (QED) is 0.298. The lowest BCUT2D eigenvalue weighted by Crippen LogP contribution is -2.34. The number of carbonyl (C=O) groups excluding carboxylic acids is 1. The number of nitrogens with one attached hydrogen (secondary N) is 2. The molecule has 10 nitrogen and oxygen atoms in total. The maximum absolute atomic E-state index is 12.6. The predicted octanol–water partition coefficient (Wildman–Crippen LogP) is 3.87. The Labute approximate surface area is 192 Å². The molecule has 2 aromatic carbocycles. The number of hydrogen-bond donors (Lipinski definition) is 2. The lowest BCUT2D eigenvalue weighted by Gasteiger charge is -2.14. The van der Waals surface area contributed by atoms with Crippen molar-refractivity contribution in [2.45, 2.75) is 0 Å². The van der Waals surface area contributed by atoms with Gasteiger partial charge in [-0.05, 0) is 24.4 Å². The summed E-state index contributed by atoms with van der Waals surface area (Å²) in [5.41, 5.74) is 1.36. The average Bonchev–Trinajstić information content (AvgIpc) is 3.26. The SMILES string of the molecule is COc1cc(C(=O)NC(=S)Nc2nc(-c3cccc([N+](=O)[O-])c3)cs2)cc(OC)c1OC. The van der Waals surface area contributed by atoms with Crippen LogP contribution in [0.25, 0.3) is 11.3 Å². The van der Waals surface area contributed by atoms with E-state index in [9.17, 15) is 14.9 Å². The van der Waals surface area contributed by atoms with E-state index in [4.69, 9.17) is 26.4 Å². The third-order valence-corrected chi connectivity index (χ3v) is 5.19. The van der Waals surface area contributed by atoms with Crippen molar-refractivity contribution in [1.82, 2.24) is 10.3 Å². The van der Waals surface area contributed by atoms with Gasteiger partial charge in [0.1, 0.15) is 0 Å². The minimum absolute atomic E-state index is 0.0295. The number of ether oxygens (including phenoxy) is 3. The van der Waals surface area contributed by atoms with Crippen LogP contribution in [0.4, 0.5) is 10.8 Å². The molecule has 1 amide bonds. The van der Waals surface area contributed by atoms with Gasteiger partial charge in [-0.1, -0.05) is 12.1 Å². The minimum Gasteiger partial charge on any atom is -0.493 e. The number of non-ortho nitro benzene ring substituents is 1. The first-order valence-electron chi connectivity index (χ1n) is 8.99. The van der Waals surface area contributed by atoms with Gasteiger partial charge in [-0.15, -0.1) is 11.3 Å². The van der Waals surface area contributed by atoms with Gasteiger partial charge in [0.05, 0.1) is 31.9 Å². The van der Waals surface area contributed by atoms with Crippen molar-refractivity contribution in [2.75, 3.05) is 26.6 Å². The summed E-state index contributed by atoms with van der Waals surface area (Å²) in [6, 6.07) is 9.15. The van der Waals surface area contributed by atoms with Gasteiger partial charge >= 0.3 is 0 Å². The van der Waals surface area contributed by atoms with Crippen LogP contribution in [-0.2, 0) is 0 Å². The molecule has 0 saturated carbocycles. The van der Waals surface area contributed by atoms with E-state index in [2.05, 4.69) is 15.6 Å². The molecule has 3 rings (SSSR count). The van der Waals surface area contributed by atoms with Gasteiger partial charge < -0.3 is 19.5 Å². The summed E-state index contributed by atoms with van der Waals surface area (Å²) in [4.78, 5) is 27.5. The van der Waals surface area contributed by atoms with E-state index in [1.165, 1.54) is 56.9 Å². The molecule has 0 aliphatic heterocycles. The molecule has 3 aromatic rings. The summed E-state index contributed by atoms with van der Waals surface area (Å²) in [5.74, 6) is 0.538. The van der Waals surface area contributed by atoms with Crippen LogP contribution in [0.3, 0.4) is 0 Å². The Kier molecular flexibility index (Phi) is 7.18. The van der Waals surface area contributed by atoms with Crippen LogP contribution in [0.5, 0.6) is 17.2 Å². The largest absolute Gasteiger partial charge is 0.493 e. The molecule has 166 valence electrons. The number of methoxy groups -OCH3 is 3. The minimum atomic E-state index is -0.489. The topological polar surface area (TPSA) is 125 Å². The number of rotatable bonds is 7. The summed E-state index contributed by atoms with van der Waals surface area (Å²) in [5, 5.41) is 18.5. The van der Waals surface area contributed by atoms with E-state index in [1.807, 2.05) is 0 Å². The van der Waals surface area contributed by atoms with Crippen LogP contribution in [0, 0.1) is 10.1 Å². The molecule has 0 spiro atoms. The maximum Gasteiger partial charge on any atom is 0.270 e. The molecule has 0 fully saturated rings. The van der Waals surface area contributed by atoms with Gasteiger partial charge in [0.25, 0.3) is 11.6 Å². The highest BCUT2D eigenvalue weighted by molar-refractivity contribution is 7.80. The van der Waals surface area contributed by atoms with Crippen LogP contribution in [0.2, 0.25) is 0 Å². The number of amides is 1. The van der Waals surface area contributed by atoms with Crippen molar-refractivity contribution >= 4 is 45.4 Å². The van der Waals surface area contributed by atoms with E-state index < -0.39 is 10.8 Å². The summed E-state index contributed by atoms with van der Waals surface area (Å²) in [7, 11) is 4.37. The highest BCUT2D eigenvalue weighted by atomic mass is 32.1. The van der Waals surface area contributed by atoms with E-state index in [0.717, 1.165) is 0 Å². The first-order valence-corrected chi connectivity index (χ1v) is 10.3. The lowest BCUT2D eigenvalue weighted by molar-refractivity contribution is -0.384. The Hall–Kier alpha value is -3.77. The van der Waals surface area contributed by atoms with Crippen molar-refractivity contribution in [3.63, 3.8) is 0 Å². The van der Waals surface area contributed by atoms with Crippen molar-refractivity contribution in [2.24, 2.45) is 0 Å². The monoisotopic (exact) mass is 474 g/mol. The second kappa shape index (κ2) is 10.0. The molecule has 0 saturated heterocycles. The Morgan fingerprint density at radius 1 is 1.12 bits per heavy atom. The molecule has 12 heteroatoms. The van der Waals surface area contributed by atoms with E-state index in [0.29, 0.717) is 33.6 Å². The summed E-state index contributed by atoms with van der Waals surface area (Å²) in [6.45, 7) is 0. The molecule has 2 N–H and O–H groups in total. The molecule has 0 aliphatic rings. The molecule has 0 aliphatic carbocycles. The number of hydrogen-bond acceptors (Lipinski definition) is 9. The van der Waals surface area contributed by atoms with Crippen molar-refractivity contribution in [3.8, 4) is 28.5 Å². The number of nitrogens with zero attached hydrogens (tertiary/aromatic N) is 2. The maximum atomic E-state index is 12.6. The molecule has 0 bridgehead atoms. The Balaban J connectivity index is 1.71. The normalized spacial score (nSPS) is 10.2. The molecule has 1 heterocycles. The van der Waals surface area contributed by atoms with Crippen molar-refractivity contribution < 1.29 is 23.9 Å². The zero-order valence-electron chi connectivity index (χ0n) is 17.2. The lowest BCUT2D eigenvalue weighted by atomic mass is 10.1. The number of benzene rings is 2. The fraction of sp³-hybridized carbons (Fsp3) is 0.150. The fourth-order valence-electron chi connectivity index (χ4n) is 2.76. The van der Waals surface area contributed by atoms with Gasteiger partial charge in [-0.25, -0.2) is 4.98 Å². The second-order valence-corrected chi connectivity index (χ2v) is 7.43. The smallest absolute Gasteiger partial charge is 0.270 e. The van der Waals surface area contributed by atoms with Crippen molar-refractivity contribution in [3.05, 3.63) is 57.5 Å². The Morgan fingerprint density at radius 3 is 2.41 bits per heavy atom. The molecule has 0 atom stereocenters. The predicted molar refractivity (Wildman–Crippen MR) is 124 cm³/mol. The summed E-state index contributed by atoms with van der Waals surface area (Å²) >= 11 is 6.45.